The first-order valence-corrected chi connectivity index (χ1v) is 8.78. The number of carbonyl (C=O) groups is 1. The van der Waals surface area contributed by atoms with Gasteiger partial charge in [-0.2, -0.15) is 5.10 Å². The predicted octanol–water partition coefficient (Wildman–Crippen LogP) is 2.75. The highest BCUT2D eigenvalue weighted by Crippen LogP contribution is 2.19. The number of aromatic nitrogens is 2. The normalized spacial score (nSPS) is 10.8. The highest BCUT2D eigenvalue weighted by molar-refractivity contribution is 8.00. The summed E-state index contributed by atoms with van der Waals surface area (Å²) in [5.41, 5.74) is 4.34. The summed E-state index contributed by atoms with van der Waals surface area (Å²) < 4.78 is 0. The molecular formula is C15H16N4OS2. The van der Waals surface area contributed by atoms with Crippen molar-refractivity contribution in [3.63, 3.8) is 0 Å². The number of hydrogen-bond donors (Lipinski definition) is 1. The monoisotopic (exact) mass is 332 g/mol. The third-order valence-corrected chi connectivity index (χ3v) is 4.01. The van der Waals surface area contributed by atoms with Crippen LogP contribution >= 0.6 is 23.5 Å². The fraction of sp³-hybridized carbons (Fsp3) is 0.200. The number of carbonyl (C=O) groups excluding carboxylic acids is 1. The smallest absolute Gasteiger partial charge is 0.250 e. The van der Waals surface area contributed by atoms with Gasteiger partial charge in [0.25, 0.3) is 0 Å². The number of nitrogens with one attached hydrogen (secondary N) is 1. The average Bonchev–Trinajstić information content (AvgIpc) is 2.53. The van der Waals surface area contributed by atoms with Gasteiger partial charge in [-0.1, -0.05) is 53.9 Å². The maximum absolute atomic E-state index is 11.8. The standard InChI is InChI=1S/C15H16N4OS2/c1-11-8-14(18-15(17-11)21-2)22-10-13(20)19-16-9-12-6-4-3-5-7-12/h3-9H,10H2,1-2H3,(H,19,20)/b16-9-. The zero-order valence-electron chi connectivity index (χ0n) is 12.3. The number of amides is 1. The Bertz CT molecular complexity index is 662. The molecule has 0 aliphatic carbocycles. The van der Waals surface area contributed by atoms with Crippen molar-refractivity contribution in [1.29, 1.82) is 0 Å². The van der Waals surface area contributed by atoms with Gasteiger partial charge in [0.1, 0.15) is 5.03 Å². The molecule has 0 saturated heterocycles. The van der Waals surface area contributed by atoms with Crippen LogP contribution in [0.25, 0.3) is 0 Å². The Morgan fingerprint density at radius 3 is 2.82 bits per heavy atom. The molecule has 1 aromatic carbocycles. The lowest BCUT2D eigenvalue weighted by molar-refractivity contribution is -0.118. The molecule has 114 valence electrons. The highest BCUT2D eigenvalue weighted by Gasteiger charge is 2.05. The van der Waals surface area contributed by atoms with E-state index in [2.05, 4.69) is 20.5 Å². The summed E-state index contributed by atoms with van der Waals surface area (Å²) >= 11 is 2.85. The van der Waals surface area contributed by atoms with Crippen LogP contribution in [0, 0.1) is 6.92 Å². The Kier molecular flexibility index (Phi) is 6.42. The molecular weight excluding hydrogens is 316 g/mol. The second kappa shape index (κ2) is 8.55. The molecule has 2 aromatic rings. The lowest BCUT2D eigenvalue weighted by Gasteiger charge is -2.03. The largest absolute Gasteiger partial charge is 0.272 e. The van der Waals surface area contributed by atoms with E-state index in [-0.39, 0.29) is 11.7 Å². The van der Waals surface area contributed by atoms with Gasteiger partial charge >= 0.3 is 0 Å². The van der Waals surface area contributed by atoms with Crippen molar-refractivity contribution < 1.29 is 4.79 Å². The molecule has 0 bridgehead atoms. The molecule has 2 rings (SSSR count). The molecule has 1 heterocycles. The van der Waals surface area contributed by atoms with Gasteiger partial charge in [-0.15, -0.1) is 0 Å². The molecule has 1 amide bonds. The molecule has 0 aliphatic heterocycles. The van der Waals surface area contributed by atoms with Crippen molar-refractivity contribution >= 4 is 35.6 Å². The van der Waals surface area contributed by atoms with E-state index in [4.69, 9.17) is 0 Å². The molecule has 22 heavy (non-hydrogen) atoms. The number of rotatable bonds is 6. The second-order valence-corrected chi connectivity index (χ2v) is 6.10. The third kappa shape index (κ3) is 5.50. The van der Waals surface area contributed by atoms with Gasteiger partial charge in [-0.05, 0) is 24.8 Å². The number of hydrazone groups is 1. The number of hydrogen-bond acceptors (Lipinski definition) is 6. The van der Waals surface area contributed by atoms with E-state index in [0.717, 1.165) is 16.3 Å². The summed E-state index contributed by atoms with van der Waals surface area (Å²) in [4.78, 5) is 20.4. The number of thioether (sulfide) groups is 2. The maximum Gasteiger partial charge on any atom is 0.250 e. The minimum absolute atomic E-state index is 0.167. The molecule has 0 radical (unpaired) electrons. The molecule has 5 nitrogen and oxygen atoms in total. The Hall–Kier alpha value is -1.86. The van der Waals surface area contributed by atoms with Gasteiger partial charge < -0.3 is 0 Å². The van der Waals surface area contributed by atoms with E-state index in [9.17, 15) is 4.79 Å². The van der Waals surface area contributed by atoms with Gasteiger partial charge in [0, 0.05) is 5.69 Å². The van der Waals surface area contributed by atoms with Crippen LogP contribution in [-0.2, 0) is 4.79 Å². The maximum atomic E-state index is 11.8. The fourth-order valence-corrected chi connectivity index (χ4v) is 2.80. The van der Waals surface area contributed by atoms with E-state index in [1.165, 1.54) is 23.5 Å². The van der Waals surface area contributed by atoms with E-state index in [1.54, 1.807) is 6.21 Å². The minimum Gasteiger partial charge on any atom is -0.272 e. The third-order valence-electron chi connectivity index (χ3n) is 2.55. The topological polar surface area (TPSA) is 67.2 Å². The molecule has 0 fully saturated rings. The van der Waals surface area contributed by atoms with Crippen LogP contribution in [0.5, 0.6) is 0 Å². The van der Waals surface area contributed by atoms with Crippen LogP contribution < -0.4 is 5.43 Å². The first-order chi connectivity index (χ1) is 10.7. The summed E-state index contributed by atoms with van der Waals surface area (Å²) in [6.45, 7) is 1.91. The van der Waals surface area contributed by atoms with Gasteiger partial charge in [0.05, 0.1) is 12.0 Å². The highest BCUT2D eigenvalue weighted by atomic mass is 32.2. The number of aryl methyl sites for hydroxylation is 1. The van der Waals surface area contributed by atoms with Gasteiger partial charge in [-0.25, -0.2) is 15.4 Å². The number of nitrogens with zero attached hydrogens (tertiary/aromatic N) is 3. The fourth-order valence-electron chi connectivity index (χ4n) is 1.57. The summed E-state index contributed by atoms with van der Waals surface area (Å²) in [5, 5.41) is 5.43. The first kappa shape index (κ1) is 16.5. The van der Waals surface area contributed by atoms with Crippen LogP contribution in [-0.4, -0.2) is 34.1 Å². The Balaban J connectivity index is 1.83. The average molecular weight is 332 g/mol. The Morgan fingerprint density at radius 1 is 1.32 bits per heavy atom. The summed E-state index contributed by atoms with van der Waals surface area (Å²) in [5.74, 6) is 0.0929. The molecule has 0 atom stereocenters. The van der Waals surface area contributed by atoms with Crippen molar-refractivity contribution in [2.75, 3.05) is 12.0 Å². The van der Waals surface area contributed by atoms with Crippen LogP contribution in [0.2, 0.25) is 0 Å². The molecule has 0 unspecified atom stereocenters. The van der Waals surface area contributed by atoms with Gasteiger partial charge in [0.15, 0.2) is 5.16 Å². The minimum atomic E-state index is -0.167. The lowest BCUT2D eigenvalue weighted by Crippen LogP contribution is -2.19. The molecule has 1 aromatic heterocycles. The molecule has 7 heteroatoms. The molecule has 0 aliphatic rings. The summed E-state index contributed by atoms with van der Waals surface area (Å²) in [7, 11) is 0. The van der Waals surface area contributed by atoms with E-state index >= 15 is 0 Å². The quantitative estimate of drug-likeness (QED) is 0.290. The van der Waals surface area contributed by atoms with Gasteiger partial charge in [-0.3, -0.25) is 4.79 Å². The van der Waals surface area contributed by atoms with Crippen LogP contribution in [0.4, 0.5) is 0 Å². The van der Waals surface area contributed by atoms with Crippen molar-refractivity contribution in [1.82, 2.24) is 15.4 Å². The Labute approximate surface area is 138 Å². The predicted molar refractivity (Wildman–Crippen MR) is 91.5 cm³/mol. The van der Waals surface area contributed by atoms with E-state index in [1.807, 2.05) is 49.6 Å². The van der Waals surface area contributed by atoms with E-state index in [0.29, 0.717) is 5.16 Å². The zero-order valence-corrected chi connectivity index (χ0v) is 13.9. The van der Waals surface area contributed by atoms with Crippen molar-refractivity contribution in [2.24, 2.45) is 5.10 Å². The van der Waals surface area contributed by atoms with Crippen LogP contribution in [0.3, 0.4) is 0 Å². The zero-order chi connectivity index (χ0) is 15.8. The lowest BCUT2D eigenvalue weighted by atomic mass is 10.2. The second-order valence-electron chi connectivity index (χ2n) is 4.33. The van der Waals surface area contributed by atoms with Gasteiger partial charge in [0.2, 0.25) is 5.91 Å². The van der Waals surface area contributed by atoms with Crippen LogP contribution in [0.1, 0.15) is 11.3 Å². The SMILES string of the molecule is CSc1nc(C)cc(SCC(=O)N/N=C\c2ccccc2)n1. The van der Waals surface area contributed by atoms with Crippen molar-refractivity contribution in [3.8, 4) is 0 Å². The van der Waals surface area contributed by atoms with Crippen LogP contribution in [0.15, 0.2) is 51.7 Å². The summed E-state index contributed by atoms with van der Waals surface area (Å²) in [6, 6.07) is 11.5. The number of benzene rings is 1. The molecule has 0 saturated carbocycles. The Morgan fingerprint density at radius 2 is 2.09 bits per heavy atom. The molecule has 1 N–H and O–H groups in total. The van der Waals surface area contributed by atoms with Crippen molar-refractivity contribution in [2.45, 2.75) is 17.1 Å². The molecule has 0 spiro atoms. The van der Waals surface area contributed by atoms with Crippen molar-refractivity contribution in [3.05, 3.63) is 47.7 Å². The first-order valence-electron chi connectivity index (χ1n) is 6.57. The summed E-state index contributed by atoms with van der Waals surface area (Å²) in [6.07, 6.45) is 3.54. The van der Waals surface area contributed by atoms with E-state index < -0.39 is 0 Å².